The molecule has 0 aromatic carbocycles. The zero-order valence-electron chi connectivity index (χ0n) is 8.80. The van der Waals surface area contributed by atoms with Gasteiger partial charge in [0.25, 0.3) is 6.43 Å². The maximum atomic E-state index is 12.6. The lowest BCUT2D eigenvalue weighted by Gasteiger charge is -2.23. The van der Waals surface area contributed by atoms with E-state index in [0.717, 1.165) is 6.08 Å². The van der Waals surface area contributed by atoms with E-state index in [-0.39, 0.29) is 13.2 Å². The van der Waals surface area contributed by atoms with Crippen LogP contribution in [0, 0.1) is 0 Å². The highest BCUT2D eigenvalue weighted by atomic mass is 19.3. The SMILES string of the molecule is CCOC(=O)C(N)(C=C(C)CN)C(F)F. The second kappa shape index (κ2) is 5.77. The summed E-state index contributed by atoms with van der Waals surface area (Å²) in [6.07, 6.45) is -2.08. The van der Waals surface area contributed by atoms with Crippen molar-refractivity contribution in [1.82, 2.24) is 0 Å². The Hall–Kier alpha value is -1.01. The Labute approximate surface area is 87.3 Å². The van der Waals surface area contributed by atoms with Crippen LogP contribution in [0.2, 0.25) is 0 Å². The number of ether oxygens (including phenoxy) is 1. The molecule has 0 spiro atoms. The van der Waals surface area contributed by atoms with E-state index in [1.54, 1.807) is 0 Å². The average molecular weight is 222 g/mol. The van der Waals surface area contributed by atoms with Gasteiger partial charge in [-0.25, -0.2) is 13.6 Å². The molecule has 4 N–H and O–H groups in total. The van der Waals surface area contributed by atoms with Crippen LogP contribution in [0.1, 0.15) is 13.8 Å². The summed E-state index contributed by atoms with van der Waals surface area (Å²) in [6, 6.07) is 0. The normalized spacial score (nSPS) is 16.3. The number of rotatable bonds is 5. The highest BCUT2D eigenvalue weighted by Crippen LogP contribution is 2.18. The minimum atomic E-state index is -3.03. The van der Waals surface area contributed by atoms with E-state index >= 15 is 0 Å². The van der Waals surface area contributed by atoms with Crippen molar-refractivity contribution in [1.29, 1.82) is 0 Å². The van der Waals surface area contributed by atoms with Crippen LogP contribution < -0.4 is 11.5 Å². The van der Waals surface area contributed by atoms with Gasteiger partial charge in [0.15, 0.2) is 5.54 Å². The van der Waals surface area contributed by atoms with E-state index in [0.29, 0.717) is 5.57 Å². The Morgan fingerprint density at radius 2 is 2.13 bits per heavy atom. The first kappa shape index (κ1) is 14.0. The molecule has 0 saturated heterocycles. The minimum absolute atomic E-state index is 0.0000158. The fraction of sp³-hybridized carbons (Fsp3) is 0.667. The van der Waals surface area contributed by atoms with E-state index in [1.807, 2.05) is 0 Å². The van der Waals surface area contributed by atoms with E-state index in [4.69, 9.17) is 11.5 Å². The van der Waals surface area contributed by atoms with Gasteiger partial charge in [-0.3, -0.25) is 0 Å². The fourth-order valence-corrected chi connectivity index (χ4v) is 0.934. The summed E-state index contributed by atoms with van der Waals surface area (Å²) in [5.41, 5.74) is 8.53. The molecule has 0 radical (unpaired) electrons. The molecule has 1 unspecified atom stereocenters. The van der Waals surface area contributed by atoms with Gasteiger partial charge in [0.05, 0.1) is 6.61 Å². The van der Waals surface area contributed by atoms with Gasteiger partial charge < -0.3 is 16.2 Å². The molecule has 0 fully saturated rings. The molecule has 0 aromatic rings. The van der Waals surface area contributed by atoms with Crippen LogP contribution in [0.4, 0.5) is 8.78 Å². The first-order chi connectivity index (χ1) is 6.88. The summed E-state index contributed by atoms with van der Waals surface area (Å²) >= 11 is 0. The molecule has 0 heterocycles. The summed E-state index contributed by atoms with van der Waals surface area (Å²) in [5, 5.41) is 0. The van der Waals surface area contributed by atoms with Gasteiger partial charge in [0, 0.05) is 6.54 Å². The van der Waals surface area contributed by atoms with Gasteiger partial charge >= 0.3 is 5.97 Å². The molecule has 0 amide bonds. The van der Waals surface area contributed by atoms with Crippen molar-refractivity contribution in [3.05, 3.63) is 11.6 Å². The summed E-state index contributed by atoms with van der Waals surface area (Å²) in [7, 11) is 0. The molecule has 4 nitrogen and oxygen atoms in total. The number of carbonyl (C=O) groups is 1. The van der Waals surface area contributed by atoms with Gasteiger partial charge in [-0.15, -0.1) is 0 Å². The quantitative estimate of drug-likeness (QED) is 0.522. The van der Waals surface area contributed by atoms with Gasteiger partial charge in [-0.2, -0.15) is 0 Å². The van der Waals surface area contributed by atoms with Crippen LogP contribution in [0.25, 0.3) is 0 Å². The monoisotopic (exact) mass is 222 g/mol. The van der Waals surface area contributed by atoms with Crippen molar-refractivity contribution < 1.29 is 18.3 Å². The molecule has 1 atom stereocenters. The second-order valence-electron chi connectivity index (χ2n) is 3.15. The summed E-state index contributed by atoms with van der Waals surface area (Å²) < 4.78 is 29.8. The Bertz CT molecular complexity index is 256. The summed E-state index contributed by atoms with van der Waals surface area (Å²) in [5.74, 6) is -1.15. The molecule has 88 valence electrons. The first-order valence-electron chi connectivity index (χ1n) is 4.51. The maximum absolute atomic E-state index is 12.6. The minimum Gasteiger partial charge on any atom is -0.464 e. The van der Waals surface area contributed by atoms with E-state index in [2.05, 4.69) is 4.74 Å². The van der Waals surface area contributed by atoms with Crippen LogP contribution in [-0.2, 0) is 9.53 Å². The van der Waals surface area contributed by atoms with Gasteiger partial charge in [0.2, 0.25) is 0 Å². The highest BCUT2D eigenvalue weighted by Gasteiger charge is 2.43. The molecule has 0 bridgehead atoms. The molecule has 0 aliphatic rings. The molecule has 0 rings (SSSR count). The van der Waals surface area contributed by atoms with Gasteiger partial charge in [0.1, 0.15) is 0 Å². The molecule has 0 aromatic heterocycles. The first-order valence-corrected chi connectivity index (χ1v) is 4.51. The fourth-order valence-electron chi connectivity index (χ4n) is 0.934. The molecular weight excluding hydrogens is 206 g/mol. The number of nitrogens with two attached hydrogens (primary N) is 2. The Balaban J connectivity index is 4.98. The molecule has 6 heteroatoms. The van der Waals surface area contributed by atoms with E-state index < -0.39 is 17.9 Å². The standard InChI is InChI=1S/C9H16F2N2O2/c1-3-15-8(14)9(13,7(10)11)4-6(2)5-12/h4,7H,3,5,12-13H2,1-2H3. The van der Waals surface area contributed by atoms with Crippen LogP contribution in [0.5, 0.6) is 0 Å². The largest absolute Gasteiger partial charge is 0.464 e. The van der Waals surface area contributed by atoms with Crippen molar-refractivity contribution in [2.75, 3.05) is 13.2 Å². The van der Waals surface area contributed by atoms with E-state index in [1.165, 1.54) is 13.8 Å². The Morgan fingerprint density at radius 3 is 2.47 bits per heavy atom. The predicted molar refractivity (Wildman–Crippen MR) is 52.4 cm³/mol. The topological polar surface area (TPSA) is 78.3 Å². The number of carbonyl (C=O) groups excluding carboxylic acids is 1. The Morgan fingerprint density at radius 1 is 1.60 bits per heavy atom. The molecule has 15 heavy (non-hydrogen) atoms. The van der Waals surface area contributed by atoms with Crippen LogP contribution >= 0.6 is 0 Å². The van der Waals surface area contributed by atoms with Crippen molar-refractivity contribution in [3.63, 3.8) is 0 Å². The van der Waals surface area contributed by atoms with Crippen LogP contribution in [0.3, 0.4) is 0 Å². The third kappa shape index (κ3) is 3.56. The van der Waals surface area contributed by atoms with Crippen molar-refractivity contribution in [2.24, 2.45) is 11.5 Å². The number of hydrogen-bond donors (Lipinski definition) is 2. The molecule has 0 saturated carbocycles. The third-order valence-electron chi connectivity index (χ3n) is 1.80. The lowest BCUT2D eigenvalue weighted by atomic mass is 9.98. The van der Waals surface area contributed by atoms with Gasteiger partial charge in [-0.05, 0) is 19.9 Å². The second-order valence-corrected chi connectivity index (χ2v) is 3.15. The smallest absolute Gasteiger partial charge is 0.336 e. The lowest BCUT2D eigenvalue weighted by Crippen LogP contribution is -2.53. The highest BCUT2D eigenvalue weighted by molar-refractivity contribution is 5.84. The zero-order chi connectivity index (χ0) is 12.1. The van der Waals surface area contributed by atoms with Crippen molar-refractivity contribution in [3.8, 4) is 0 Å². The number of esters is 1. The zero-order valence-corrected chi connectivity index (χ0v) is 8.80. The van der Waals surface area contributed by atoms with Crippen LogP contribution in [0.15, 0.2) is 11.6 Å². The van der Waals surface area contributed by atoms with Gasteiger partial charge in [-0.1, -0.05) is 5.57 Å². The maximum Gasteiger partial charge on any atom is 0.336 e. The summed E-state index contributed by atoms with van der Waals surface area (Å²) in [4.78, 5) is 11.2. The number of alkyl halides is 2. The Kier molecular flexibility index (Phi) is 5.38. The molecule has 0 aliphatic heterocycles. The summed E-state index contributed by atoms with van der Waals surface area (Å²) in [6.45, 7) is 3.09. The molecular formula is C9H16F2N2O2. The van der Waals surface area contributed by atoms with E-state index in [9.17, 15) is 13.6 Å². The number of hydrogen-bond acceptors (Lipinski definition) is 4. The molecule has 0 aliphatic carbocycles. The van der Waals surface area contributed by atoms with Crippen molar-refractivity contribution in [2.45, 2.75) is 25.8 Å². The average Bonchev–Trinajstić information content (AvgIpc) is 2.17. The lowest BCUT2D eigenvalue weighted by molar-refractivity contribution is -0.152. The number of halogens is 2. The van der Waals surface area contributed by atoms with Crippen LogP contribution in [-0.4, -0.2) is 31.1 Å². The predicted octanol–water partition coefficient (Wildman–Crippen LogP) is 0.417. The third-order valence-corrected chi connectivity index (χ3v) is 1.80. The van der Waals surface area contributed by atoms with Crippen molar-refractivity contribution >= 4 is 5.97 Å².